The first-order valence-corrected chi connectivity index (χ1v) is 9.63. The Bertz CT molecular complexity index is 1320. The maximum absolute atomic E-state index is 13.4. The van der Waals surface area contributed by atoms with E-state index in [1.807, 2.05) is 36.4 Å². The van der Waals surface area contributed by atoms with Gasteiger partial charge in [0.2, 0.25) is 0 Å². The Balaban J connectivity index is 1.74. The summed E-state index contributed by atoms with van der Waals surface area (Å²) in [6, 6.07) is 22.2. The van der Waals surface area contributed by atoms with Gasteiger partial charge in [0.05, 0.1) is 11.4 Å². The van der Waals surface area contributed by atoms with Crippen molar-refractivity contribution < 1.29 is 13.6 Å². The number of benzene rings is 3. The smallest absolute Gasteiger partial charge is 0.266 e. The zero-order valence-corrected chi connectivity index (χ0v) is 16.7. The van der Waals surface area contributed by atoms with E-state index in [0.29, 0.717) is 22.5 Å². The number of nitrogens with one attached hydrogen (secondary N) is 1. The van der Waals surface area contributed by atoms with E-state index in [-0.39, 0.29) is 11.4 Å². The lowest BCUT2D eigenvalue weighted by molar-refractivity contribution is -0.112. The number of amides is 1. The highest BCUT2D eigenvalue weighted by Gasteiger charge is 2.15. The highest BCUT2D eigenvalue weighted by atomic mass is 19.1. The molecule has 156 valence electrons. The van der Waals surface area contributed by atoms with Crippen LogP contribution in [0.4, 0.5) is 14.5 Å². The highest BCUT2D eigenvalue weighted by molar-refractivity contribution is 6.10. The van der Waals surface area contributed by atoms with Crippen molar-refractivity contribution in [3.05, 3.63) is 108 Å². The Morgan fingerprint density at radius 2 is 1.56 bits per heavy atom. The molecule has 4 rings (SSSR count). The Kier molecular flexibility index (Phi) is 5.86. The molecule has 1 amide bonds. The second kappa shape index (κ2) is 9.06. The average molecular weight is 426 g/mol. The van der Waals surface area contributed by atoms with Crippen LogP contribution >= 0.6 is 0 Å². The van der Waals surface area contributed by atoms with Crippen LogP contribution in [0.5, 0.6) is 0 Å². The molecule has 1 N–H and O–H groups in total. The predicted molar refractivity (Wildman–Crippen MR) is 118 cm³/mol. The van der Waals surface area contributed by atoms with Crippen molar-refractivity contribution in [1.29, 1.82) is 5.26 Å². The van der Waals surface area contributed by atoms with Crippen molar-refractivity contribution in [2.45, 2.75) is 0 Å². The summed E-state index contributed by atoms with van der Waals surface area (Å²) in [5, 5.41) is 16.7. The molecule has 0 aliphatic carbocycles. The average Bonchev–Trinajstić information content (AvgIpc) is 3.24. The number of aromatic nitrogens is 2. The number of carbonyl (C=O) groups excluding carboxylic acids is 1. The highest BCUT2D eigenvalue weighted by Crippen LogP contribution is 2.26. The summed E-state index contributed by atoms with van der Waals surface area (Å²) >= 11 is 0. The van der Waals surface area contributed by atoms with Crippen molar-refractivity contribution in [2.75, 3.05) is 5.32 Å². The first-order valence-electron chi connectivity index (χ1n) is 9.63. The molecule has 5 nitrogen and oxygen atoms in total. The van der Waals surface area contributed by atoms with Crippen molar-refractivity contribution in [1.82, 2.24) is 9.78 Å². The molecule has 0 fully saturated rings. The van der Waals surface area contributed by atoms with Gasteiger partial charge in [-0.3, -0.25) is 4.79 Å². The fourth-order valence-electron chi connectivity index (χ4n) is 3.07. The third-order valence-corrected chi connectivity index (χ3v) is 4.65. The van der Waals surface area contributed by atoms with Crippen LogP contribution in [0.2, 0.25) is 0 Å². The third-order valence-electron chi connectivity index (χ3n) is 4.65. The molecule has 0 atom stereocenters. The molecule has 0 saturated heterocycles. The summed E-state index contributed by atoms with van der Waals surface area (Å²) in [5.41, 5.74) is 2.59. The topological polar surface area (TPSA) is 70.7 Å². The number of rotatable bonds is 5. The number of nitriles is 1. The van der Waals surface area contributed by atoms with E-state index in [9.17, 15) is 18.8 Å². The number of halogens is 2. The molecule has 7 heteroatoms. The Hall–Kier alpha value is -4.57. The maximum Gasteiger partial charge on any atom is 0.266 e. The quantitative estimate of drug-likeness (QED) is 0.345. The van der Waals surface area contributed by atoms with Gasteiger partial charge in [-0.05, 0) is 66.7 Å². The van der Waals surface area contributed by atoms with Gasteiger partial charge < -0.3 is 5.32 Å². The number of carbonyl (C=O) groups is 1. The minimum Gasteiger partial charge on any atom is -0.321 e. The van der Waals surface area contributed by atoms with Crippen molar-refractivity contribution in [3.8, 4) is 23.0 Å². The third kappa shape index (κ3) is 4.60. The summed E-state index contributed by atoms with van der Waals surface area (Å²) < 4.78 is 28.1. The van der Waals surface area contributed by atoms with Gasteiger partial charge in [0.1, 0.15) is 23.3 Å². The zero-order valence-electron chi connectivity index (χ0n) is 16.7. The first kappa shape index (κ1) is 20.7. The van der Waals surface area contributed by atoms with E-state index in [1.165, 1.54) is 42.5 Å². The molecule has 0 spiro atoms. The first-order chi connectivity index (χ1) is 15.5. The predicted octanol–water partition coefficient (Wildman–Crippen LogP) is 5.36. The molecule has 0 bridgehead atoms. The summed E-state index contributed by atoms with van der Waals surface area (Å²) in [7, 11) is 0. The molecule has 0 radical (unpaired) electrons. The number of nitrogens with zero attached hydrogens (tertiary/aromatic N) is 3. The summed E-state index contributed by atoms with van der Waals surface area (Å²) in [4.78, 5) is 12.6. The van der Waals surface area contributed by atoms with Gasteiger partial charge >= 0.3 is 0 Å². The maximum atomic E-state index is 13.4. The van der Waals surface area contributed by atoms with Crippen LogP contribution in [0.3, 0.4) is 0 Å². The molecule has 0 aliphatic heterocycles. The van der Waals surface area contributed by atoms with E-state index in [1.54, 1.807) is 23.0 Å². The molecular weight excluding hydrogens is 410 g/mol. The van der Waals surface area contributed by atoms with Crippen molar-refractivity contribution >= 4 is 17.7 Å². The zero-order chi connectivity index (χ0) is 22.5. The molecule has 4 aromatic rings. The lowest BCUT2D eigenvalue weighted by atomic mass is 10.1. The fraction of sp³-hybridized carbons (Fsp3) is 0. The van der Waals surface area contributed by atoms with E-state index in [0.717, 1.165) is 5.69 Å². The van der Waals surface area contributed by atoms with Crippen LogP contribution in [0.1, 0.15) is 5.56 Å². The minimum atomic E-state index is -0.642. The largest absolute Gasteiger partial charge is 0.321 e. The number of hydrogen-bond acceptors (Lipinski definition) is 3. The normalized spacial score (nSPS) is 11.1. The minimum absolute atomic E-state index is 0.162. The Morgan fingerprint density at radius 3 is 2.19 bits per heavy atom. The van der Waals surface area contributed by atoms with Gasteiger partial charge in [0.25, 0.3) is 5.91 Å². The van der Waals surface area contributed by atoms with Gasteiger partial charge in [0, 0.05) is 23.0 Å². The van der Waals surface area contributed by atoms with E-state index >= 15 is 0 Å². The van der Waals surface area contributed by atoms with Crippen LogP contribution in [0.25, 0.3) is 23.0 Å². The SMILES string of the molecule is N#C/C(=C\c1cn(-c2ccccc2)nc1-c1ccc(F)cc1)C(=O)Nc1ccc(F)cc1. The fourth-order valence-corrected chi connectivity index (χ4v) is 3.07. The van der Waals surface area contributed by atoms with E-state index in [2.05, 4.69) is 10.4 Å². The molecule has 0 saturated carbocycles. The molecule has 32 heavy (non-hydrogen) atoms. The van der Waals surface area contributed by atoms with Gasteiger partial charge in [-0.1, -0.05) is 18.2 Å². The molecular formula is C25H16F2N4O. The standard InChI is InChI=1S/C25H16F2N4O/c26-20-8-6-17(7-9-20)24-19(16-31(30-24)23-4-2-1-3-5-23)14-18(15-28)25(32)29-22-12-10-21(27)11-13-22/h1-14,16H,(H,29,32)/b18-14+. The van der Waals surface area contributed by atoms with E-state index < -0.39 is 11.7 Å². The van der Waals surface area contributed by atoms with Crippen LogP contribution in [-0.4, -0.2) is 15.7 Å². The molecule has 3 aromatic carbocycles. The second-order valence-corrected chi connectivity index (χ2v) is 6.85. The number of anilines is 1. The van der Waals surface area contributed by atoms with Gasteiger partial charge in [-0.15, -0.1) is 0 Å². The Morgan fingerprint density at radius 1 is 0.938 bits per heavy atom. The van der Waals surface area contributed by atoms with Crippen molar-refractivity contribution in [3.63, 3.8) is 0 Å². The lowest BCUT2D eigenvalue weighted by Crippen LogP contribution is -2.13. The summed E-state index contributed by atoms with van der Waals surface area (Å²) in [6.07, 6.45) is 3.11. The van der Waals surface area contributed by atoms with Crippen molar-refractivity contribution in [2.24, 2.45) is 0 Å². The summed E-state index contributed by atoms with van der Waals surface area (Å²) in [6.45, 7) is 0. The van der Waals surface area contributed by atoms with Crippen LogP contribution < -0.4 is 5.32 Å². The van der Waals surface area contributed by atoms with Crippen LogP contribution in [-0.2, 0) is 4.79 Å². The Labute approximate surface area is 182 Å². The lowest BCUT2D eigenvalue weighted by Gasteiger charge is -2.04. The van der Waals surface area contributed by atoms with Crippen LogP contribution in [0, 0.1) is 23.0 Å². The van der Waals surface area contributed by atoms with E-state index in [4.69, 9.17) is 0 Å². The van der Waals surface area contributed by atoms with Gasteiger partial charge in [0.15, 0.2) is 0 Å². The molecule has 0 aliphatic rings. The van der Waals surface area contributed by atoms with Crippen LogP contribution in [0.15, 0.2) is 90.6 Å². The monoisotopic (exact) mass is 426 g/mol. The number of hydrogen-bond donors (Lipinski definition) is 1. The van der Waals surface area contributed by atoms with Gasteiger partial charge in [-0.2, -0.15) is 10.4 Å². The number of para-hydroxylation sites is 1. The molecule has 0 unspecified atom stereocenters. The molecule has 1 heterocycles. The molecule has 1 aromatic heterocycles. The second-order valence-electron chi connectivity index (χ2n) is 6.85. The van der Waals surface area contributed by atoms with Gasteiger partial charge in [-0.25, -0.2) is 13.5 Å². The summed E-state index contributed by atoms with van der Waals surface area (Å²) in [5.74, 6) is -1.46.